The van der Waals surface area contributed by atoms with E-state index < -0.39 is 34.8 Å². The van der Waals surface area contributed by atoms with E-state index in [0.29, 0.717) is 0 Å². The number of anilines is 1. The molecule has 0 saturated carbocycles. The molecule has 0 aliphatic heterocycles. The summed E-state index contributed by atoms with van der Waals surface area (Å²) in [5, 5.41) is 9.06. The van der Waals surface area contributed by atoms with Gasteiger partial charge < -0.3 is 10.4 Å². The molecule has 0 radical (unpaired) electrons. The Morgan fingerprint density at radius 1 is 1.26 bits per heavy atom. The molecule has 5 nitrogen and oxygen atoms in total. The first-order valence-corrected chi connectivity index (χ1v) is 5.14. The third kappa shape index (κ3) is 3.05. The molecule has 0 aromatic carbocycles. The monoisotopic (exact) mass is 309 g/mol. The number of carboxylic acid groups (broad SMARTS) is 1. The molecule has 0 aliphatic carbocycles. The number of alkyl halides is 6. The van der Waals surface area contributed by atoms with Gasteiger partial charge >= 0.3 is 18.3 Å². The van der Waals surface area contributed by atoms with Crippen molar-refractivity contribution in [1.82, 2.24) is 9.36 Å². The Hall–Kier alpha value is -1.59. The minimum atomic E-state index is -5.23. The Labute approximate surface area is 105 Å². The first-order chi connectivity index (χ1) is 8.38. The molecule has 2 N–H and O–H groups in total. The number of aromatic nitrogens is 2. The first kappa shape index (κ1) is 15.5. The minimum absolute atomic E-state index is 0.0188. The molecular weight excluding hydrogens is 304 g/mol. The topological polar surface area (TPSA) is 75.1 Å². The lowest BCUT2D eigenvalue weighted by molar-refractivity contribution is -0.192. The fourth-order valence-corrected chi connectivity index (χ4v) is 1.54. The zero-order valence-corrected chi connectivity index (χ0v) is 9.74. The van der Waals surface area contributed by atoms with Crippen LogP contribution in [0.4, 0.5) is 31.5 Å². The quantitative estimate of drug-likeness (QED) is 0.839. The predicted octanol–water partition coefficient (Wildman–Crippen LogP) is 2.37. The minimum Gasteiger partial charge on any atom is -0.479 e. The van der Waals surface area contributed by atoms with Crippen LogP contribution in [0.2, 0.25) is 0 Å². The maximum absolute atomic E-state index is 12.6. The van der Waals surface area contributed by atoms with Gasteiger partial charge in [-0.05, 0) is 6.92 Å². The summed E-state index contributed by atoms with van der Waals surface area (Å²) in [6.07, 6.45) is -10.2. The molecule has 12 heteroatoms. The van der Waals surface area contributed by atoms with E-state index in [-0.39, 0.29) is 18.5 Å². The van der Waals surface area contributed by atoms with Crippen LogP contribution in [-0.2, 0) is 11.0 Å². The van der Waals surface area contributed by atoms with Crippen LogP contribution in [0, 0.1) is 0 Å². The standard InChI is InChI=1S/C7H5F6N3O2S/c1-5(3(17)18,7(11,12)13)15-4-14-2(16-19-4)6(8,9)10/h1H3,(H,17,18)(H,14,15,16). The molecule has 0 spiro atoms. The summed E-state index contributed by atoms with van der Waals surface area (Å²) in [6, 6.07) is 0. The van der Waals surface area contributed by atoms with E-state index in [9.17, 15) is 31.1 Å². The molecule has 108 valence electrons. The fraction of sp³-hybridized carbons (Fsp3) is 0.571. The van der Waals surface area contributed by atoms with Crippen molar-refractivity contribution in [3.8, 4) is 0 Å². The molecule has 19 heavy (non-hydrogen) atoms. The highest BCUT2D eigenvalue weighted by molar-refractivity contribution is 7.09. The molecular formula is C7H5F6N3O2S. The van der Waals surface area contributed by atoms with Gasteiger partial charge in [-0.2, -0.15) is 35.7 Å². The van der Waals surface area contributed by atoms with Crippen molar-refractivity contribution in [3.63, 3.8) is 0 Å². The van der Waals surface area contributed by atoms with E-state index in [1.165, 1.54) is 5.32 Å². The maximum atomic E-state index is 12.6. The van der Waals surface area contributed by atoms with E-state index in [0.717, 1.165) is 0 Å². The fourth-order valence-electron chi connectivity index (χ4n) is 0.849. The summed E-state index contributed by atoms with van der Waals surface area (Å²) in [5.41, 5.74) is -3.46. The first-order valence-electron chi connectivity index (χ1n) is 4.37. The van der Waals surface area contributed by atoms with Gasteiger partial charge in [0.1, 0.15) is 0 Å². The van der Waals surface area contributed by atoms with E-state index in [4.69, 9.17) is 5.11 Å². The van der Waals surface area contributed by atoms with Crippen LogP contribution in [0.1, 0.15) is 12.7 Å². The highest BCUT2D eigenvalue weighted by atomic mass is 32.1. The molecule has 1 aromatic heterocycles. The van der Waals surface area contributed by atoms with Crippen LogP contribution < -0.4 is 5.32 Å². The molecule has 0 saturated heterocycles. The average Bonchev–Trinajstić information content (AvgIpc) is 2.63. The molecule has 1 atom stereocenters. The van der Waals surface area contributed by atoms with Crippen molar-refractivity contribution >= 4 is 22.6 Å². The second-order valence-corrected chi connectivity index (χ2v) is 4.23. The van der Waals surface area contributed by atoms with E-state index >= 15 is 0 Å². The normalized spacial score (nSPS) is 15.9. The predicted molar refractivity (Wildman–Crippen MR) is 50.6 cm³/mol. The number of carboxylic acids is 1. The number of halogens is 6. The van der Waals surface area contributed by atoms with Crippen LogP contribution >= 0.6 is 11.5 Å². The van der Waals surface area contributed by atoms with Gasteiger partial charge in [-0.15, -0.1) is 0 Å². The van der Waals surface area contributed by atoms with Crippen molar-refractivity contribution < 1.29 is 36.2 Å². The Kier molecular flexibility index (Phi) is 3.67. The van der Waals surface area contributed by atoms with Crippen molar-refractivity contribution in [1.29, 1.82) is 0 Å². The summed E-state index contributed by atoms with van der Waals surface area (Å²) in [4.78, 5) is 13.4. The van der Waals surface area contributed by atoms with E-state index in [1.807, 2.05) is 0 Å². The molecule has 0 amide bonds. The van der Waals surface area contributed by atoms with E-state index in [1.54, 1.807) is 0 Å². The molecule has 1 rings (SSSR count). The van der Waals surface area contributed by atoms with Gasteiger partial charge in [0.15, 0.2) is 0 Å². The van der Waals surface area contributed by atoms with Crippen molar-refractivity contribution in [3.05, 3.63) is 5.82 Å². The van der Waals surface area contributed by atoms with Gasteiger partial charge in [-0.25, -0.2) is 4.79 Å². The molecule has 0 bridgehead atoms. The Bertz CT molecular complexity index is 484. The van der Waals surface area contributed by atoms with Crippen molar-refractivity contribution in [2.45, 2.75) is 24.8 Å². The zero-order valence-electron chi connectivity index (χ0n) is 8.93. The molecule has 1 heterocycles. The second-order valence-electron chi connectivity index (χ2n) is 3.47. The van der Waals surface area contributed by atoms with Crippen LogP contribution in [-0.4, -0.2) is 32.1 Å². The Balaban J connectivity index is 3.06. The van der Waals surface area contributed by atoms with Crippen molar-refractivity contribution in [2.24, 2.45) is 0 Å². The average molecular weight is 309 g/mol. The van der Waals surface area contributed by atoms with Crippen LogP contribution in [0.15, 0.2) is 0 Å². The highest BCUT2D eigenvalue weighted by Crippen LogP contribution is 2.35. The smallest absolute Gasteiger partial charge is 0.452 e. The lowest BCUT2D eigenvalue weighted by Crippen LogP contribution is -2.55. The summed E-state index contributed by atoms with van der Waals surface area (Å²) in [7, 11) is 0. The van der Waals surface area contributed by atoms with Gasteiger partial charge in [0.2, 0.25) is 16.5 Å². The molecule has 1 aromatic rings. The largest absolute Gasteiger partial charge is 0.479 e. The van der Waals surface area contributed by atoms with Crippen LogP contribution in [0.25, 0.3) is 0 Å². The van der Waals surface area contributed by atoms with Gasteiger partial charge in [-0.3, -0.25) is 0 Å². The maximum Gasteiger partial charge on any atom is 0.452 e. The van der Waals surface area contributed by atoms with Crippen LogP contribution in [0.5, 0.6) is 0 Å². The summed E-state index contributed by atoms with van der Waals surface area (Å²) in [5.74, 6) is -3.95. The van der Waals surface area contributed by atoms with Gasteiger partial charge in [0.25, 0.3) is 0 Å². The number of aliphatic carboxylic acids is 1. The number of hydrogen-bond donors (Lipinski definition) is 2. The second kappa shape index (κ2) is 4.51. The Morgan fingerprint density at radius 2 is 1.79 bits per heavy atom. The SMILES string of the molecule is CC(Nc1nc(C(F)(F)F)ns1)(C(=O)O)C(F)(F)F. The summed E-state index contributed by atoms with van der Waals surface area (Å²) >= 11 is -0.0188. The van der Waals surface area contributed by atoms with Crippen LogP contribution in [0.3, 0.4) is 0 Å². The van der Waals surface area contributed by atoms with Gasteiger partial charge in [0, 0.05) is 11.5 Å². The number of hydrogen-bond acceptors (Lipinski definition) is 5. The van der Waals surface area contributed by atoms with E-state index in [2.05, 4.69) is 9.36 Å². The lowest BCUT2D eigenvalue weighted by atomic mass is 10.0. The number of rotatable bonds is 3. The number of nitrogens with zero attached hydrogens (tertiary/aromatic N) is 2. The zero-order chi connectivity index (χ0) is 15.1. The Morgan fingerprint density at radius 3 is 2.11 bits per heavy atom. The van der Waals surface area contributed by atoms with Gasteiger partial charge in [-0.1, -0.05) is 0 Å². The summed E-state index contributed by atoms with van der Waals surface area (Å²) < 4.78 is 76.9. The third-order valence-corrected chi connectivity index (χ3v) is 2.66. The highest BCUT2D eigenvalue weighted by Gasteiger charge is 2.58. The lowest BCUT2D eigenvalue weighted by Gasteiger charge is -2.27. The third-order valence-electron chi connectivity index (χ3n) is 2.03. The molecule has 0 fully saturated rings. The molecule has 1 unspecified atom stereocenters. The summed E-state index contributed by atoms with van der Waals surface area (Å²) in [6.45, 7) is 0.268. The number of nitrogens with one attached hydrogen (secondary N) is 1. The number of carbonyl (C=O) groups is 1. The molecule has 0 aliphatic rings. The van der Waals surface area contributed by atoms with Crippen molar-refractivity contribution in [2.75, 3.05) is 5.32 Å². The van der Waals surface area contributed by atoms with Gasteiger partial charge in [0.05, 0.1) is 0 Å².